The minimum atomic E-state index is 0.374. The minimum Gasteiger partial charge on any atom is -0.327 e. The average Bonchev–Trinajstić information content (AvgIpc) is 1.86. The van der Waals surface area contributed by atoms with Crippen LogP contribution in [0.3, 0.4) is 0 Å². The van der Waals surface area contributed by atoms with Crippen LogP contribution in [0.2, 0.25) is 0 Å². The minimum absolute atomic E-state index is 0.374. The van der Waals surface area contributed by atoms with Gasteiger partial charge in [0.15, 0.2) is 0 Å². The molecular weight excluding hydrogens is 154 g/mol. The third kappa shape index (κ3) is 6.70. The number of hydrogen-bond acceptors (Lipinski definition) is 2. The molecule has 0 aliphatic rings. The van der Waals surface area contributed by atoms with E-state index in [1.54, 1.807) is 0 Å². The molecule has 0 radical (unpaired) electrons. The highest BCUT2D eigenvalue weighted by molar-refractivity contribution is 7.99. The molecule has 0 amide bonds. The number of nitrogens with two attached hydrogens (primary N) is 1. The second kappa shape index (κ2) is 5.90. The molecule has 0 fully saturated rings. The number of hydrogen-bond donors (Lipinski definition) is 1. The van der Waals surface area contributed by atoms with Crippen molar-refractivity contribution in [1.82, 2.24) is 0 Å². The van der Waals surface area contributed by atoms with Crippen LogP contribution in [0, 0.1) is 11.8 Å². The van der Waals surface area contributed by atoms with Crippen molar-refractivity contribution in [2.24, 2.45) is 17.6 Å². The van der Waals surface area contributed by atoms with Crippen LogP contribution in [0.1, 0.15) is 27.7 Å². The van der Waals surface area contributed by atoms with E-state index in [0.29, 0.717) is 12.0 Å². The van der Waals surface area contributed by atoms with Gasteiger partial charge in [-0.15, -0.1) is 0 Å². The largest absolute Gasteiger partial charge is 0.327 e. The Labute approximate surface area is 75.1 Å². The number of rotatable bonds is 5. The molecule has 0 saturated heterocycles. The molecule has 68 valence electrons. The van der Waals surface area contributed by atoms with Gasteiger partial charge in [-0.2, -0.15) is 11.8 Å². The Bertz CT molecular complexity index is 91.6. The van der Waals surface area contributed by atoms with Crippen LogP contribution in [0.4, 0.5) is 0 Å². The van der Waals surface area contributed by atoms with E-state index in [1.165, 1.54) is 5.75 Å². The van der Waals surface area contributed by atoms with Gasteiger partial charge in [0, 0.05) is 11.8 Å². The summed E-state index contributed by atoms with van der Waals surface area (Å²) in [7, 11) is 0. The Hall–Kier alpha value is 0.310. The lowest BCUT2D eigenvalue weighted by molar-refractivity contribution is 0.535. The SMILES string of the molecule is CC(C)CSCC(N)C(C)C. The Morgan fingerprint density at radius 3 is 2.00 bits per heavy atom. The summed E-state index contributed by atoms with van der Waals surface area (Å²) in [5, 5.41) is 0. The standard InChI is InChI=1S/C9H21NS/c1-7(2)5-11-6-9(10)8(3)4/h7-9H,5-6,10H2,1-4H3. The van der Waals surface area contributed by atoms with Gasteiger partial charge in [0.25, 0.3) is 0 Å². The van der Waals surface area contributed by atoms with E-state index in [4.69, 9.17) is 5.73 Å². The molecule has 0 aliphatic carbocycles. The van der Waals surface area contributed by atoms with Crippen molar-refractivity contribution >= 4 is 11.8 Å². The van der Waals surface area contributed by atoms with E-state index in [1.807, 2.05) is 11.8 Å². The molecule has 0 aromatic carbocycles. The first-order valence-corrected chi connectivity index (χ1v) is 5.52. The first-order chi connectivity index (χ1) is 5.04. The zero-order chi connectivity index (χ0) is 8.85. The normalized spacial score (nSPS) is 14.5. The fraction of sp³-hybridized carbons (Fsp3) is 1.00. The first kappa shape index (κ1) is 11.3. The van der Waals surface area contributed by atoms with Crippen LogP contribution < -0.4 is 5.73 Å². The first-order valence-electron chi connectivity index (χ1n) is 4.37. The van der Waals surface area contributed by atoms with Crippen LogP contribution in [-0.2, 0) is 0 Å². The van der Waals surface area contributed by atoms with Crippen molar-refractivity contribution < 1.29 is 0 Å². The third-order valence-electron chi connectivity index (χ3n) is 1.62. The van der Waals surface area contributed by atoms with E-state index in [9.17, 15) is 0 Å². The van der Waals surface area contributed by atoms with Gasteiger partial charge in [0.1, 0.15) is 0 Å². The second-order valence-electron chi connectivity index (χ2n) is 3.84. The molecule has 0 aromatic heterocycles. The highest BCUT2D eigenvalue weighted by atomic mass is 32.2. The maximum Gasteiger partial charge on any atom is 0.0153 e. The van der Waals surface area contributed by atoms with Crippen molar-refractivity contribution in [1.29, 1.82) is 0 Å². The Morgan fingerprint density at radius 1 is 1.09 bits per heavy atom. The fourth-order valence-electron chi connectivity index (χ4n) is 0.632. The summed E-state index contributed by atoms with van der Waals surface area (Å²) >= 11 is 1.97. The molecule has 11 heavy (non-hydrogen) atoms. The van der Waals surface area contributed by atoms with E-state index >= 15 is 0 Å². The predicted molar refractivity (Wildman–Crippen MR) is 55.0 cm³/mol. The van der Waals surface area contributed by atoms with Gasteiger partial charge in [0.05, 0.1) is 0 Å². The maximum atomic E-state index is 5.88. The molecule has 0 saturated carbocycles. The Balaban J connectivity index is 3.24. The monoisotopic (exact) mass is 175 g/mol. The molecule has 0 bridgehead atoms. The van der Waals surface area contributed by atoms with E-state index < -0.39 is 0 Å². The summed E-state index contributed by atoms with van der Waals surface area (Å²) in [6, 6.07) is 0.374. The van der Waals surface area contributed by atoms with Crippen molar-refractivity contribution in [2.75, 3.05) is 11.5 Å². The molecule has 0 spiro atoms. The maximum absolute atomic E-state index is 5.88. The Kier molecular flexibility index (Phi) is 6.06. The zero-order valence-electron chi connectivity index (χ0n) is 8.13. The molecule has 1 atom stereocenters. The van der Waals surface area contributed by atoms with Gasteiger partial charge in [-0.25, -0.2) is 0 Å². The predicted octanol–water partition coefficient (Wildman–Crippen LogP) is 2.36. The molecule has 2 heteroatoms. The van der Waals surface area contributed by atoms with E-state index in [0.717, 1.165) is 11.7 Å². The summed E-state index contributed by atoms with van der Waals surface area (Å²) in [6.45, 7) is 8.85. The van der Waals surface area contributed by atoms with Gasteiger partial charge in [-0.3, -0.25) is 0 Å². The van der Waals surface area contributed by atoms with Gasteiger partial charge >= 0.3 is 0 Å². The molecule has 0 aliphatic heterocycles. The zero-order valence-corrected chi connectivity index (χ0v) is 8.95. The van der Waals surface area contributed by atoms with Gasteiger partial charge < -0.3 is 5.73 Å². The van der Waals surface area contributed by atoms with Crippen molar-refractivity contribution in [3.8, 4) is 0 Å². The lowest BCUT2D eigenvalue weighted by Crippen LogP contribution is -2.29. The third-order valence-corrected chi connectivity index (χ3v) is 3.14. The van der Waals surface area contributed by atoms with E-state index in [-0.39, 0.29) is 0 Å². The summed E-state index contributed by atoms with van der Waals surface area (Å²) in [5.74, 6) is 3.75. The number of thioether (sulfide) groups is 1. The van der Waals surface area contributed by atoms with Crippen molar-refractivity contribution in [3.05, 3.63) is 0 Å². The lowest BCUT2D eigenvalue weighted by atomic mass is 10.1. The van der Waals surface area contributed by atoms with Crippen molar-refractivity contribution in [2.45, 2.75) is 33.7 Å². The molecular formula is C9H21NS. The molecule has 0 rings (SSSR count). The highest BCUT2D eigenvalue weighted by Gasteiger charge is 2.07. The van der Waals surface area contributed by atoms with Crippen LogP contribution in [0.15, 0.2) is 0 Å². The van der Waals surface area contributed by atoms with Crippen molar-refractivity contribution in [3.63, 3.8) is 0 Å². The average molecular weight is 175 g/mol. The topological polar surface area (TPSA) is 26.0 Å². The smallest absolute Gasteiger partial charge is 0.0153 e. The summed E-state index contributed by atoms with van der Waals surface area (Å²) in [4.78, 5) is 0. The fourth-order valence-corrected chi connectivity index (χ4v) is 1.90. The Morgan fingerprint density at radius 2 is 1.64 bits per heavy atom. The molecule has 1 unspecified atom stereocenters. The summed E-state index contributed by atoms with van der Waals surface area (Å²) in [5.41, 5.74) is 5.88. The highest BCUT2D eigenvalue weighted by Crippen LogP contribution is 2.11. The molecule has 0 aromatic rings. The molecule has 1 nitrogen and oxygen atoms in total. The van der Waals surface area contributed by atoms with Gasteiger partial charge in [0.2, 0.25) is 0 Å². The second-order valence-corrected chi connectivity index (χ2v) is 4.91. The molecule has 0 heterocycles. The van der Waals surface area contributed by atoms with Gasteiger partial charge in [-0.1, -0.05) is 27.7 Å². The lowest BCUT2D eigenvalue weighted by Gasteiger charge is -2.15. The van der Waals surface area contributed by atoms with Crippen LogP contribution in [-0.4, -0.2) is 17.5 Å². The molecule has 2 N–H and O–H groups in total. The summed E-state index contributed by atoms with van der Waals surface area (Å²) < 4.78 is 0. The quantitative estimate of drug-likeness (QED) is 0.694. The summed E-state index contributed by atoms with van der Waals surface area (Å²) in [6.07, 6.45) is 0. The van der Waals surface area contributed by atoms with Crippen LogP contribution >= 0.6 is 11.8 Å². The van der Waals surface area contributed by atoms with E-state index in [2.05, 4.69) is 27.7 Å². The van der Waals surface area contributed by atoms with Gasteiger partial charge in [-0.05, 0) is 17.6 Å². The van der Waals surface area contributed by atoms with Crippen LogP contribution in [0.5, 0.6) is 0 Å². The van der Waals surface area contributed by atoms with Crippen LogP contribution in [0.25, 0.3) is 0 Å².